The van der Waals surface area contributed by atoms with E-state index in [1.165, 1.54) is 6.07 Å². The van der Waals surface area contributed by atoms with Crippen LogP contribution in [0.5, 0.6) is 0 Å². The Morgan fingerprint density at radius 2 is 2.06 bits per heavy atom. The lowest BCUT2D eigenvalue weighted by molar-refractivity contribution is -0.137. The zero-order chi connectivity index (χ0) is 12.6. The highest BCUT2D eigenvalue weighted by Gasteiger charge is 2.33. The molecule has 2 nitrogen and oxygen atoms in total. The molecule has 0 bridgehead atoms. The van der Waals surface area contributed by atoms with Gasteiger partial charge in [-0.25, -0.2) is 0 Å². The van der Waals surface area contributed by atoms with E-state index in [0.29, 0.717) is 17.5 Å². The Hall–Kier alpha value is -1.07. The molecule has 1 heterocycles. The molecule has 2 atom stereocenters. The van der Waals surface area contributed by atoms with Crippen molar-refractivity contribution in [3.8, 4) is 0 Å². The molecule has 1 aliphatic heterocycles. The van der Waals surface area contributed by atoms with E-state index >= 15 is 0 Å². The molecule has 1 aromatic rings. The van der Waals surface area contributed by atoms with Crippen molar-refractivity contribution in [2.45, 2.75) is 31.7 Å². The van der Waals surface area contributed by atoms with Crippen LogP contribution in [0, 0.1) is 0 Å². The minimum Gasteiger partial charge on any atom is -0.386 e. The second-order valence-electron chi connectivity index (χ2n) is 4.09. The second kappa shape index (κ2) is 4.31. The summed E-state index contributed by atoms with van der Waals surface area (Å²) in [4.78, 5) is 0. The molecule has 94 valence electrons. The Morgan fingerprint density at radius 1 is 1.35 bits per heavy atom. The summed E-state index contributed by atoms with van der Waals surface area (Å²) in [6.45, 7) is 1.98. The number of hydrogen-bond acceptors (Lipinski definition) is 2. The zero-order valence-corrected chi connectivity index (χ0v) is 9.29. The van der Waals surface area contributed by atoms with Gasteiger partial charge in [-0.3, -0.25) is 0 Å². The van der Waals surface area contributed by atoms with Crippen LogP contribution in [0.1, 0.15) is 42.2 Å². The van der Waals surface area contributed by atoms with Crippen molar-refractivity contribution in [3.05, 3.63) is 34.9 Å². The number of alkyl halides is 3. The van der Waals surface area contributed by atoms with Gasteiger partial charge in [0.05, 0.1) is 18.3 Å². The van der Waals surface area contributed by atoms with Gasteiger partial charge in [0.2, 0.25) is 0 Å². The first-order chi connectivity index (χ1) is 7.93. The SMILES string of the molecule is CCC1OC[C@H](O)c2ccc(C(F)(F)F)cc21. The summed E-state index contributed by atoms with van der Waals surface area (Å²) in [6, 6.07) is 3.42. The summed E-state index contributed by atoms with van der Waals surface area (Å²) in [5, 5.41) is 9.66. The lowest BCUT2D eigenvalue weighted by atomic mass is 9.92. The number of aliphatic hydroxyl groups is 1. The fourth-order valence-corrected chi connectivity index (χ4v) is 2.06. The fraction of sp³-hybridized carbons (Fsp3) is 0.500. The van der Waals surface area contributed by atoms with E-state index in [4.69, 9.17) is 4.74 Å². The molecular formula is C12H13F3O2. The summed E-state index contributed by atoms with van der Waals surface area (Å²) in [7, 11) is 0. The predicted octanol–water partition coefficient (Wildman–Crippen LogP) is 3.22. The molecule has 0 saturated heterocycles. The molecule has 1 N–H and O–H groups in total. The lowest BCUT2D eigenvalue weighted by Gasteiger charge is -2.29. The van der Waals surface area contributed by atoms with Gasteiger partial charge in [-0.1, -0.05) is 13.0 Å². The van der Waals surface area contributed by atoms with Gasteiger partial charge < -0.3 is 9.84 Å². The van der Waals surface area contributed by atoms with Gasteiger partial charge in [0.15, 0.2) is 0 Å². The first-order valence-electron chi connectivity index (χ1n) is 5.44. The Kier molecular flexibility index (Phi) is 3.14. The minimum atomic E-state index is -4.37. The third kappa shape index (κ3) is 2.30. The van der Waals surface area contributed by atoms with Crippen LogP contribution in [0.25, 0.3) is 0 Å². The van der Waals surface area contributed by atoms with Crippen molar-refractivity contribution in [1.29, 1.82) is 0 Å². The quantitative estimate of drug-likeness (QED) is 0.824. The molecule has 0 aliphatic carbocycles. The van der Waals surface area contributed by atoms with E-state index in [2.05, 4.69) is 0 Å². The molecule has 2 rings (SSSR count). The summed E-state index contributed by atoms with van der Waals surface area (Å²) in [5.41, 5.74) is 0.282. The third-order valence-corrected chi connectivity index (χ3v) is 2.95. The zero-order valence-electron chi connectivity index (χ0n) is 9.29. The fourth-order valence-electron chi connectivity index (χ4n) is 2.06. The molecule has 0 aromatic heterocycles. The average molecular weight is 246 g/mol. The van der Waals surface area contributed by atoms with Gasteiger partial charge in [0.1, 0.15) is 6.10 Å². The van der Waals surface area contributed by atoms with Crippen LogP contribution in [0.15, 0.2) is 18.2 Å². The van der Waals surface area contributed by atoms with Crippen LogP contribution in [0.2, 0.25) is 0 Å². The molecule has 1 aliphatic rings. The second-order valence-corrected chi connectivity index (χ2v) is 4.09. The van der Waals surface area contributed by atoms with E-state index in [-0.39, 0.29) is 12.7 Å². The van der Waals surface area contributed by atoms with Crippen LogP contribution in [0.3, 0.4) is 0 Å². The van der Waals surface area contributed by atoms with Crippen LogP contribution >= 0.6 is 0 Å². The Bertz CT molecular complexity index is 415. The van der Waals surface area contributed by atoms with E-state index in [0.717, 1.165) is 12.1 Å². The molecule has 1 unspecified atom stereocenters. The molecule has 17 heavy (non-hydrogen) atoms. The Morgan fingerprint density at radius 3 is 2.65 bits per heavy atom. The highest BCUT2D eigenvalue weighted by atomic mass is 19.4. The minimum absolute atomic E-state index is 0.136. The summed E-state index contributed by atoms with van der Waals surface area (Å²) in [6.07, 6.45) is -4.98. The largest absolute Gasteiger partial charge is 0.416 e. The molecule has 0 spiro atoms. The Labute approximate surface area is 97.0 Å². The lowest BCUT2D eigenvalue weighted by Crippen LogP contribution is -2.21. The number of rotatable bonds is 1. The summed E-state index contributed by atoms with van der Waals surface area (Å²) < 4.78 is 43.1. The highest BCUT2D eigenvalue weighted by molar-refractivity contribution is 5.37. The first kappa shape index (κ1) is 12.4. The normalized spacial score (nSPS) is 24.5. The van der Waals surface area contributed by atoms with Crippen LogP contribution in [0.4, 0.5) is 13.2 Å². The first-order valence-corrected chi connectivity index (χ1v) is 5.44. The summed E-state index contributed by atoms with van der Waals surface area (Å²) in [5.74, 6) is 0. The predicted molar refractivity (Wildman–Crippen MR) is 55.4 cm³/mol. The van der Waals surface area contributed by atoms with E-state index in [1.807, 2.05) is 6.92 Å². The van der Waals surface area contributed by atoms with Crippen LogP contribution < -0.4 is 0 Å². The molecule has 0 saturated carbocycles. The number of halogens is 3. The van der Waals surface area contributed by atoms with Gasteiger partial charge in [-0.2, -0.15) is 13.2 Å². The van der Waals surface area contributed by atoms with Gasteiger partial charge in [0, 0.05) is 0 Å². The van der Waals surface area contributed by atoms with Crippen LogP contribution in [-0.4, -0.2) is 11.7 Å². The van der Waals surface area contributed by atoms with E-state index in [9.17, 15) is 18.3 Å². The van der Waals surface area contributed by atoms with Crippen molar-refractivity contribution in [3.63, 3.8) is 0 Å². The molecular weight excluding hydrogens is 233 g/mol. The van der Waals surface area contributed by atoms with Gasteiger partial charge in [-0.05, 0) is 29.7 Å². The maximum Gasteiger partial charge on any atom is 0.416 e. The molecule has 1 aromatic carbocycles. The van der Waals surface area contributed by atoms with Gasteiger partial charge >= 0.3 is 6.18 Å². The smallest absolute Gasteiger partial charge is 0.386 e. The van der Waals surface area contributed by atoms with Crippen molar-refractivity contribution in [1.82, 2.24) is 0 Å². The van der Waals surface area contributed by atoms with Crippen molar-refractivity contribution < 1.29 is 23.0 Å². The molecule has 0 fully saturated rings. The standard InChI is InChI=1S/C12H13F3O2/c1-2-11-9-5-7(12(13,14)15)3-4-8(9)10(16)6-17-11/h3-5,10-11,16H,2,6H2,1H3/t10-,11?/m0/s1. The molecule has 0 radical (unpaired) electrons. The van der Waals surface area contributed by atoms with Gasteiger partial charge in [0.25, 0.3) is 0 Å². The number of ether oxygens (including phenoxy) is 1. The highest BCUT2D eigenvalue weighted by Crippen LogP contribution is 2.38. The summed E-state index contributed by atoms with van der Waals surface area (Å²) >= 11 is 0. The number of aliphatic hydroxyl groups excluding tert-OH is 1. The average Bonchev–Trinajstić information content (AvgIpc) is 2.28. The Balaban J connectivity index is 2.48. The molecule has 5 heteroatoms. The van der Waals surface area contributed by atoms with Crippen molar-refractivity contribution in [2.75, 3.05) is 6.61 Å². The molecule has 0 amide bonds. The topological polar surface area (TPSA) is 29.5 Å². The van der Waals surface area contributed by atoms with E-state index < -0.39 is 17.8 Å². The van der Waals surface area contributed by atoms with Crippen molar-refractivity contribution in [2.24, 2.45) is 0 Å². The van der Waals surface area contributed by atoms with Crippen molar-refractivity contribution >= 4 is 0 Å². The monoisotopic (exact) mass is 246 g/mol. The van der Waals surface area contributed by atoms with Gasteiger partial charge in [-0.15, -0.1) is 0 Å². The number of hydrogen-bond donors (Lipinski definition) is 1. The third-order valence-electron chi connectivity index (χ3n) is 2.95. The number of benzene rings is 1. The number of fused-ring (bicyclic) bond motifs is 1. The van der Waals surface area contributed by atoms with Crippen LogP contribution in [-0.2, 0) is 10.9 Å². The maximum absolute atomic E-state index is 12.6. The maximum atomic E-state index is 12.6. The van der Waals surface area contributed by atoms with E-state index in [1.54, 1.807) is 0 Å².